The van der Waals surface area contributed by atoms with Gasteiger partial charge in [-0.2, -0.15) is 0 Å². The molecule has 1 amide bonds. The first-order valence-electron chi connectivity index (χ1n) is 8.51. The maximum Gasteiger partial charge on any atom is 0.255 e. The van der Waals surface area contributed by atoms with Crippen LogP contribution in [-0.2, 0) is 6.42 Å². The highest BCUT2D eigenvalue weighted by Gasteiger charge is 2.26. The molecule has 2 aromatic rings. The normalized spacial score (nSPS) is 14.8. The number of amides is 1. The predicted molar refractivity (Wildman–Crippen MR) is 99.8 cm³/mol. The van der Waals surface area contributed by atoms with E-state index in [9.17, 15) is 4.79 Å². The van der Waals surface area contributed by atoms with Crippen LogP contribution in [0.1, 0.15) is 47.8 Å². The second-order valence-electron chi connectivity index (χ2n) is 6.15. The Labute approximate surface area is 147 Å². The largest absolute Gasteiger partial charge is 0.496 e. The van der Waals surface area contributed by atoms with E-state index in [1.54, 1.807) is 7.11 Å². The number of nitrogens with one attached hydrogen (secondary N) is 1. The Hall–Kier alpha value is -2.01. The number of rotatable bonds is 5. The lowest BCUT2D eigenvalue weighted by Crippen LogP contribution is -2.33. The molecule has 0 atom stereocenters. The summed E-state index contributed by atoms with van der Waals surface area (Å²) in [6.45, 7) is 2.09. The summed E-state index contributed by atoms with van der Waals surface area (Å²) in [5.41, 5.74) is 8.70. The van der Waals surface area contributed by atoms with Crippen LogP contribution in [0.25, 0.3) is 11.1 Å². The highest BCUT2D eigenvalue weighted by Crippen LogP contribution is 2.42. The summed E-state index contributed by atoms with van der Waals surface area (Å²) in [5.74, 6) is 0.705. The molecule has 24 heavy (non-hydrogen) atoms. The highest BCUT2D eigenvalue weighted by atomic mass is 32.1. The maximum atomic E-state index is 12.9. The summed E-state index contributed by atoms with van der Waals surface area (Å²) in [4.78, 5) is 14.0. The number of hydrogen-bond acceptors (Lipinski definition) is 4. The smallest absolute Gasteiger partial charge is 0.255 e. The molecular weight excluding hydrogens is 320 g/mol. The van der Waals surface area contributed by atoms with Gasteiger partial charge in [-0.25, -0.2) is 0 Å². The van der Waals surface area contributed by atoms with Crippen molar-refractivity contribution < 1.29 is 9.53 Å². The summed E-state index contributed by atoms with van der Waals surface area (Å²) in [6.07, 6.45) is 5.31. The van der Waals surface area contributed by atoms with Crippen molar-refractivity contribution in [3.8, 4) is 16.9 Å². The second kappa shape index (κ2) is 7.26. The number of aryl methyl sites for hydroxylation is 1. The molecule has 0 unspecified atom stereocenters. The van der Waals surface area contributed by atoms with Gasteiger partial charge in [-0.05, 0) is 25.3 Å². The molecular formula is C19H24N2O2S. The van der Waals surface area contributed by atoms with Crippen molar-refractivity contribution in [2.45, 2.75) is 45.1 Å². The molecule has 1 aliphatic rings. The van der Waals surface area contributed by atoms with E-state index in [4.69, 9.17) is 10.5 Å². The quantitative estimate of drug-likeness (QED) is 0.852. The lowest BCUT2D eigenvalue weighted by molar-refractivity contribution is 0.0940. The molecule has 3 N–H and O–H groups in total. The number of benzene rings is 1. The Morgan fingerprint density at radius 1 is 1.33 bits per heavy atom. The van der Waals surface area contributed by atoms with Crippen molar-refractivity contribution >= 4 is 22.2 Å². The van der Waals surface area contributed by atoms with Crippen LogP contribution in [0.4, 0.5) is 5.00 Å². The number of carbonyl (C=O) groups is 1. The van der Waals surface area contributed by atoms with Gasteiger partial charge in [0.25, 0.3) is 5.91 Å². The van der Waals surface area contributed by atoms with Gasteiger partial charge in [0.15, 0.2) is 0 Å². The van der Waals surface area contributed by atoms with Crippen LogP contribution >= 0.6 is 11.3 Å². The first-order chi connectivity index (χ1) is 11.7. The van der Waals surface area contributed by atoms with E-state index in [-0.39, 0.29) is 11.9 Å². The zero-order valence-electron chi connectivity index (χ0n) is 14.2. The van der Waals surface area contributed by atoms with E-state index in [0.29, 0.717) is 10.6 Å². The zero-order valence-corrected chi connectivity index (χ0v) is 15.0. The van der Waals surface area contributed by atoms with Crippen LogP contribution in [-0.4, -0.2) is 19.1 Å². The molecule has 0 aliphatic heterocycles. The number of nitrogens with two attached hydrogens (primary N) is 1. The minimum Gasteiger partial charge on any atom is -0.496 e. The molecule has 0 radical (unpaired) electrons. The number of para-hydroxylation sites is 1. The molecule has 0 saturated heterocycles. The highest BCUT2D eigenvalue weighted by molar-refractivity contribution is 7.17. The molecule has 1 heterocycles. The Morgan fingerprint density at radius 3 is 2.71 bits per heavy atom. The van der Waals surface area contributed by atoms with E-state index in [2.05, 4.69) is 12.2 Å². The van der Waals surface area contributed by atoms with E-state index in [0.717, 1.165) is 41.0 Å². The lowest BCUT2D eigenvalue weighted by atomic mass is 9.98. The number of carbonyl (C=O) groups excluding carboxylic acids is 1. The van der Waals surface area contributed by atoms with Crippen molar-refractivity contribution in [3.05, 3.63) is 34.7 Å². The number of nitrogen functional groups attached to an aromatic ring is 1. The predicted octanol–water partition coefficient (Wildman–Crippen LogP) is 4.24. The van der Waals surface area contributed by atoms with Crippen molar-refractivity contribution in [2.75, 3.05) is 12.8 Å². The topological polar surface area (TPSA) is 64.4 Å². The van der Waals surface area contributed by atoms with E-state index in [1.165, 1.54) is 24.2 Å². The standard InChI is InChI=1S/C19H24N2O2S/c1-3-15-16(13-10-6-7-11-14(13)23-2)17(18(20)24-15)19(22)21-12-8-4-5-9-12/h6-7,10-12H,3-5,8-9,20H2,1-2H3,(H,21,22). The zero-order chi connectivity index (χ0) is 17.1. The lowest BCUT2D eigenvalue weighted by Gasteiger charge is -2.15. The van der Waals surface area contributed by atoms with Gasteiger partial charge in [-0.3, -0.25) is 4.79 Å². The van der Waals surface area contributed by atoms with Gasteiger partial charge in [0, 0.05) is 22.0 Å². The summed E-state index contributed by atoms with van der Waals surface area (Å²) in [5, 5.41) is 3.75. The number of hydrogen-bond donors (Lipinski definition) is 2. The van der Waals surface area contributed by atoms with Gasteiger partial charge < -0.3 is 15.8 Å². The first kappa shape index (κ1) is 16.8. The van der Waals surface area contributed by atoms with Crippen molar-refractivity contribution in [1.82, 2.24) is 5.32 Å². The third-order valence-electron chi connectivity index (χ3n) is 4.62. The Bertz CT molecular complexity index is 733. The van der Waals surface area contributed by atoms with Gasteiger partial charge >= 0.3 is 0 Å². The van der Waals surface area contributed by atoms with Crippen LogP contribution in [0, 0.1) is 0 Å². The molecule has 1 aromatic carbocycles. The van der Waals surface area contributed by atoms with Gasteiger partial charge in [0.1, 0.15) is 5.75 Å². The van der Waals surface area contributed by atoms with Crippen LogP contribution in [0.15, 0.2) is 24.3 Å². The molecule has 0 spiro atoms. The monoisotopic (exact) mass is 344 g/mol. The molecule has 1 saturated carbocycles. The van der Waals surface area contributed by atoms with Gasteiger partial charge in [0.2, 0.25) is 0 Å². The third kappa shape index (κ3) is 3.13. The number of anilines is 1. The fourth-order valence-electron chi connectivity index (χ4n) is 3.44. The van der Waals surface area contributed by atoms with E-state index in [1.807, 2.05) is 24.3 Å². The van der Waals surface area contributed by atoms with Gasteiger partial charge in [-0.1, -0.05) is 38.0 Å². The molecule has 1 aromatic heterocycles. The van der Waals surface area contributed by atoms with Crippen LogP contribution < -0.4 is 15.8 Å². The van der Waals surface area contributed by atoms with E-state index < -0.39 is 0 Å². The Kier molecular flexibility index (Phi) is 5.09. The second-order valence-corrected chi connectivity index (χ2v) is 7.28. The molecule has 1 fully saturated rings. The summed E-state index contributed by atoms with van der Waals surface area (Å²) < 4.78 is 5.51. The summed E-state index contributed by atoms with van der Waals surface area (Å²) in [6, 6.07) is 8.08. The van der Waals surface area contributed by atoms with Crippen LogP contribution in [0.2, 0.25) is 0 Å². The molecule has 4 nitrogen and oxygen atoms in total. The fraction of sp³-hybridized carbons (Fsp3) is 0.421. The number of methoxy groups -OCH3 is 1. The van der Waals surface area contributed by atoms with Crippen molar-refractivity contribution in [2.24, 2.45) is 0 Å². The van der Waals surface area contributed by atoms with Crippen molar-refractivity contribution in [3.63, 3.8) is 0 Å². The summed E-state index contributed by atoms with van der Waals surface area (Å²) in [7, 11) is 1.65. The van der Waals surface area contributed by atoms with Gasteiger partial charge in [0.05, 0.1) is 17.7 Å². The number of thiophene rings is 1. The van der Waals surface area contributed by atoms with E-state index >= 15 is 0 Å². The average Bonchev–Trinajstić information content (AvgIpc) is 3.21. The summed E-state index contributed by atoms with van der Waals surface area (Å²) >= 11 is 1.50. The average molecular weight is 344 g/mol. The molecule has 5 heteroatoms. The minimum absolute atomic E-state index is 0.0590. The number of ether oxygens (including phenoxy) is 1. The molecule has 128 valence electrons. The van der Waals surface area contributed by atoms with Crippen LogP contribution in [0.5, 0.6) is 5.75 Å². The maximum absolute atomic E-state index is 12.9. The molecule has 1 aliphatic carbocycles. The van der Waals surface area contributed by atoms with Crippen LogP contribution in [0.3, 0.4) is 0 Å². The Balaban J connectivity index is 2.05. The molecule has 3 rings (SSSR count). The minimum atomic E-state index is -0.0590. The van der Waals surface area contributed by atoms with Crippen molar-refractivity contribution in [1.29, 1.82) is 0 Å². The fourth-order valence-corrected chi connectivity index (χ4v) is 4.46. The first-order valence-corrected chi connectivity index (χ1v) is 9.32. The molecule has 0 bridgehead atoms. The van der Waals surface area contributed by atoms with Gasteiger partial charge in [-0.15, -0.1) is 11.3 Å². The Morgan fingerprint density at radius 2 is 2.04 bits per heavy atom. The third-order valence-corrected chi connectivity index (χ3v) is 5.79. The SMILES string of the molecule is CCc1sc(N)c(C(=O)NC2CCCC2)c1-c1ccccc1OC.